The van der Waals surface area contributed by atoms with E-state index >= 15 is 0 Å². The Morgan fingerprint density at radius 1 is 0.946 bits per heavy atom. The summed E-state index contributed by atoms with van der Waals surface area (Å²) in [6, 6.07) is 20.8. The largest absolute Gasteiger partial charge is 0.508 e. The molecule has 1 aliphatic carbocycles. The van der Waals surface area contributed by atoms with E-state index < -0.39 is 0 Å². The molecule has 0 bridgehead atoms. The third kappa shape index (κ3) is 7.42. The molecule has 3 aromatic rings. The van der Waals surface area contributed by atoms with Crippen LogP contribution in [-0.2, 0) is 19.3 Å². The van der Waals surface area contributed by atoms with Crippen molar-refractivity contribution >= 4 is 5.69 Å². The van der Waals surface area contributed by atoms with Gasteiger partial charge in [0.2, 0.25) is 0 Å². The zero-order valence-corrected chi connectivity index (χ0v) is 22.6. The highest BCUT2D eigenvalue weighted by atomic mass is 16.5. The molecule has 0 amide bonds. The van der Waals surface area contributed by atoms with Crippen LogP contribution in [0.5, 0.6) is 17.2 Å². The zero-order valence-electron chi connectivity index (χ0n) is 22.6. The smallest absolute Gasteiger partial charge is 0.120 e. The highest BCUT2D eigenvalue weighted by Gasteiger charge is 2.23. The lowest BCUT2D eigenvalue weighted by Crippen LogP contribution is -2.27. The summed E-state index contributed by atoms with van der Waals surface area (Å²) in [6.45, 7) is 9.08. The molecule has 0 aliphatic heterocycles. The van der Waals surface area contributed by atoms with Gasteiger partial charge < -0.3 is 24.8 Å². The number of phenolic OH excluding ortho intramolecular Hbond substituents is 1. The van der Waals surface area contributed by atoms with E-state index in [4.69, 9.17) is 9.47 Å². The topological polar surface area (TPSA) is 54.0 Å². The monoisotopic (exact) mass is 502 g/mol. The predicted octanol–water partition coefficient (Wildman–Crippen LogP) is 6.44. The van der Waals surface area contributed by atoms with E-state index in [1.807, 2.05) is 6.07 Å². The van der Waals surface area contributed by atoms with Crippen molar-refractivity contribution in [1.82, 2.24) is 4.90 Å². The van der Waals surface area contributed by atoms with Crippen LogP contribution in [0.1, 0.15) is 54.9 Å². The van der Waals surface area contributed by atoms with Crippen LogP contribution in [0.4, 0.5) is 5.69 Å². The Kier molecular flexibility index (Phi) is 9.72. The highest BCUT2D eigenvalue weighted by Crippen LogP contribution is 2.38. The number of likely N-dealkylation sites (N-methyl/N-ethyl adjacent to an activating group) is 1. The summed E-state index contributed by atoms with van der Waals surface area (Å²) < 4.78 is 11.4. The van der Waals surface area contributed by atoms with Crippen LogP contribution in [0.3, 0.4) is 0 Å². The molecule has 198 valence electrons. The van der Waals surface area contributed by atoms with E-state index in [-0.39, 0.29) is 0 Å². The van der Waals surface area contributed by atoms with Crippen molar-refractivity contribution in [2.45, 2.75) is 51.9 Å². The van der Waals surface area contributed by atoms with Crippen molar-refractivity contribution in [2.24, 2.45) is 0 Å². The Morgan fingerprint density at radius 2 is 1.73 bits per heavy atom. The van der Waals surface area contributed by atoms with E-state index in [9.17, 15) is 5.11 Å². The number of rotatable bonds is 13. The molecule has 4 rings (SSSR count). The minimum atomic E-state index is 0.362. The van der Waals surface area contributed by atoms with Crippen LogP contribution in [0, 0.1) is 0 Å². The number of hydrogen-bond acceptors (Lipinski definition) is 5. The maximum absolute atomic E-state index is 9.83. The van der Waals surface area contributed by atoms with Gasteiger partial charge in [-0.05, 0) is 104 Å². The van der Waals surface area contributed by atoms with Crippen LogP contribution in [-0.4, -0.2) is 49.9 Å². The molecule has 1 atom stereocenters. The molecular weight excluding hydrogens is 460 g/mol. The first-order valence-electron chi connectivity index (χ1n) is 13.8. The molecule has 5 heteroatoms. The van der Waals surface area contributed by atoms with Gasteiger partial charge in [-0.15, -0.1) is 0 Å². The summed E-state index contributed by atoms with van der Waals surface area (Å²) in [5.41, 5.74) is 6.47. The van der Waals surface area contributed by atoms with Gasteiger partial charge in [-0.2, -0.15) is 0 Å². The van der Waals surface area contributed by atoms with Crippen LogP contribution in [0.2, 0.25) is 0 Å². The summed E-state index contributed by atoms with van der Waals surface area (Å²) in [7, 11) is 1.72. The van der Waals surface area contributed by atoms with Gasteiger partial charge in [0.1, 0.15) is 23.9 Å². The quantitative estimate of drug-likeness (QED) is 0.264. The van der Waals surface area contributed by atoms with E-state index in [0.717, 1.165) is 76.4 Å². The molecule has 0 fully saturated rings. The predicted molar refractivity (Wildman–Crippen MR) is 152 cm³/mol. The fourth-order valence-corrected chi connectivity index (χ4v) is 5.28. The first-order chi connectivity index (χ1) is 18.1. The summed E-state index contributed by atoms with van der Waals surface area (Å²) in [6.07, 6.45) is 5.15. The highest BCUT2D eigenvalue weighted by molar-refractivity contribution is 5.57. The fraction of sp³-hybridized carbons (Fsp3) is 0.438. The van der Waals surface area contributed by atoms with E-state index in [1.165, 1.54) is 27.9 Å². The molecule has 1 aliphatic rings. The third-order valence-electron chi connectivity index (χ3n) is 7.57. The average Bonchev–Trinajstić information content (AvgIpc) is 2.94. The van der Waals surface area contributed by atoms with E-state index in [0.29, 0.717) is 11.7 Å². The average molecular weight is 503 g/mol. The number of methoxy groups -OCH3 is 1. The minimum absolute atomic E-state index is 0.362. The van der Waals surface area contributed by atoms with Crippen molar-refractivity contribution in [3.05, 3.63) is 82.9 Å². The number of aromatic hydroxyl groups is 1. The molecule has 0 saturated carbocycles. The van der Waals surface area contributed by atoms with Gasteiger partial charge in [-0.25, -0.2) is 0 Å². The maximum Gasteiger partial charge on any atom is 0.120 e. The van der Waals surface area contributed by atoms with Crippen LogP contribution >= 0.6 is 0 Å². The van der Waals surface area contributed by atoms with Crippen LogP contribution in [0.15, 0.2) is 60.7 Å². The second-order valence-corrected chi connectivity index (χ2v) is 9.90. The Hall–Kier alpha value is -3.18. The molecule has 0 heterocycles. The normalized spacial score (nSPS) is 14.9. The summed E-state index contributed by atoms with van der Waals surface area (Å²) >= 11 is 0. The number of phenols is 1. The van der Waals surface area contributed by atoms with Gasteiger partial charge in [0.25, 0.3) is 0 Å². The second-order valence-electron chi connectivity index (χ2n) is 9.90. The maximum atomic E-state index is 9.83. The molecule has 37 heavy (non-hydrogen) atoms. The van der Waals surface area contributed by atoms with Crippen molar-refractivity contribution < 1.29 is 14.6 Å². The van der Waals surface area contributed by atoms with Gasteiger partial charge in [-0.3, -0.25) is 0 Å². The number of ether oxygens (including phenoxy) is 2. The van der Waals surface area contributed by atoms with Crippen molar-refractivity contribution in [3.63, 3.8) is 0 Å². The Balaban J connectivity index is 1.30. The Bertz CT molecular complexity index is 1130. The molecular formula is C32H42N2O3. The van der Waals surface area contributed by atoms with Gasteiger partial charge >= 0.3 is 0 Å². The van der Waals surface area contributed by atoms with Gasteiger partial charge in [0, 0.05) is 24.8 Å². The van der Waals surface area contributed by atoms with Crippen molar-refractivity contribution in [2.75, 3.05) is 45.2 Å². The van der Waals surface area contributed by atoms with Crippen LogP contribution < -0.4 is 14.8 Å². The SMILES string of the molecule is CCN(CC)CCOc1ccc(CCCNc2cc(OC)ccc2[C@@H]2CCc3cc(O)ccc3C2)cc1. The number of nitrogens with zero attached hydrogens (tertiary/aromatic N) is 1. The molecule has 3 aromatic carbocycles. The Labute approximate surface area is 222 Å². The molecule has 0 spiro atoms. The first-order valence-corrected chi connectivity index (χ1v) is 13.8. The number of fused-ring (bicyclic) bond motifs is 1. The van der Waals surface area contributed by atoms with Gasteiger partial charge in [0.05, 0.1) is 7.11 Å². The first kappa shape index (κ1) is 26.9. The lowest BCUT2D eigenvalue weighted by Gasteiger charge is -2.27. The third-order valence-corrected chi connectivity index (χ3v) is 7.57. The lowest BCUT2D eigenvalue weighted by atomic mass is 9.79. The van der Waals surface area contributed by atoms with Gasteiger partial charge in [-0.1, -0.05) is 38.1 Å². The standard InChI is InChI=1S/C32H42N2O3/c1-4-34(5-2)19-20-37-29-14-8-24(9-15-29)7-6-18-33-32-23-30(36-3)16-17-31(32)27-11-10-26-22-28(35)13-12-25(26)21-27/h8-9,12-17,22-23,27,33,35H,4-7,10-11,18-21H2,1-3H3/t27-/m1/s1. The number of nitrogens with one attached hydrogen (secondary N) is 1. The Morgan fingerprint density at radius 3 is 2.49 bits per heavy atom. The number of benzene rings is 3. The lowest BCUT2D eigenvalue weighted by molar-refractivity contribution is 0.223. The zero-order chi connectivity index (χ0) is 26.0. The molecule has 2 N–H and O–H groups in total. The van der Waals surface area contributed by atoms with Gasteiger partial charge in [0.15, 0.2) is 0 Å². The summed E-state index contributed by atoms with van der Waals surface area (Å²) in [4.78, 5) is 2.37. The number of aryl methyl sites for hydroxylation is 2. The molecule has 0 aromatic heterocycles. The summed E-state index contributed by atoms with van der Waals surface area (Å²) in [5, 5.41) is 13.5. The molecule has 0 saturated heterocycles. The molecule has 0 unspecified atom stereocenters. The molecule has 5 nitrogen and oxygen atoms in total. The summed E-state index contributed by atoms with van der Waals surface area (Å²) in [5.74, 6) is 2.64. The minimum Gasteiger partial charge on any atom is -0.508 e. The molecule has 0 radical (unpaired) electrons. The second kappa shape index (κ2) is 13.4. The van der Waals surface area contributed by atoms with E-state index in [1.54, 1.807) is 13.2 Å². The number of anilines is 1. The van der Waals surface area contributed by atoms with Crippen molar-refractivity contribution in [3.8, 4) is 17.2 Å². The number of hydrogen-bond donors (Lipinski definition) is 2. The van der Waals surface area contributed by atoms with Crippen molar-refractivity contribution in [1.29, 1.82) is 0 Å². The van der Waals surface area contributed by atoms with E-state index in [2.05, 4.69) is 72.6 Å². The fourth-order valence-electron chi connectivity index (χ4n) is 5.28. The van der Waals surface area contributed by atoms with Crippen LogP contribution in [0.25, 0.3) is 0 Å².